The third kappa shape index (κ3) is 3.29. The number of nitrogens with one attached hydrogen (secondary N) is 2. The molecule has 0 aromatic heterocycles. The van der Waals surface area contributed by atoms with Gasteiger partial charge in [0.1, 0.15) is 5.60 Å². The van der Waals surface area contributed by atoms with Gasteiger partial charge in [0.25, 0.3) is 0 Å². The summed E-state index contributed by atoms with van der Waals surface area (Å²) >= 11 is 0. The number of sulfonamides is 1. The minimum atomic E-state index is -3.38. The molecule has 0 bridgehead atoms. The fraction of sp³-hybridized carbons (Fsp3) is 0.538. The zero-order valence-electron chi connectivity index (χ0n) is 11.7. The van der Waals surface area contributed by atoms with E-state index in [0.717, 1.165) is 12.1 Å². The summed E-state index contributed by atoms with van der Waals surface area (Å²) in [7, 11) is -0.312. The number of hydrogen-bond acceptors (Lipinski definition) is 5. The summed E-state index contributed by atoms with van der Waals surface area (Å²) in [5.41, 5.74) is 0.554. The molecule has 1 saturated heterocycles. The molecule has 1 aromatic carbocycles. The summed E-state index contributed by atoms with van der Waals surface area (Å²) in [6.45, 7) is 1.90. The maximum atomic E-state index is 11.6. The monoisotopic (exact) mass is 300 g/mol. The minimum absolute atomic E-state index is 0.246. The maximum Gasteiger partial charge on any atom is 0.240 e. The lowest BCUT2D eigenvalue weighted by Crippen LogP contribution is -2.39. The molecule has 2 rings (SSSR count). The van der Waals surface area contributed by atoms with Crippen molar-refractivity contribution in [1.29, 1.82) is 0 Å². The summed E-state index contributed by atoms with van der Waals surface area (Å²) in [4.78, 5) is 0.246. The quantitative estimate of drug-likeness (QED) is 0.813. The van der Waals surface area contributed by atoms with Gasteiger partial charge in [-0.1, -0.05) is 0 Å². The molecule has 1 aromatic rings. The van der Waals surface area contributed by atoms with Crippen LogP contribution >= 0.6 is 0 Å². The third-order valence-corrected chi connectivity index (χ3v) is 4.98. The highest BCUT2D eigenvalue weighted by molar-refractivity contribution is 7.89. The van der Waals surface area contributed by atoms with Crippen LogP contribution in [0.1, 0.15) is 6.42 Å². The Morgan fingerprint density at radius 3 is 2.55 bits per heavy atom. The molecule has 7 heteroatoms. The van der Waals surface area contributed by atoms with Gasteiger partial charge in [-0.2, -0.15) is 0 Å². The van der Waals surface area contributed by atoms with Gasteiger partial charge in [-0.3, -0.25) is 0 Å². The van der Waals surface area contributed by atoms with Crippen molar-refractivity contribution in [2.45, 2.75) is 16.9 Å². The van der Waals surface area contributed by atoms with Crippen molar-refractivity contribution in [3.05, 3.63) is 24.3 Å². The van der Waals surface area contributed by atoms with Crippen molar-refractivity contribution in [1.82, 2.24) is 4.72 Å². The fourth-order valence-electron chi connectivity index (χ4n) is 2.09. The van der Waals surface area contributed by atoms with Gasteiger partial charge in [0.05, 0.1) is 11.5 Å². The Hall–Kier alpha value is -1.15. The predicted octanol–water partition coefficient (Wildman–Crippen LogP) is 0.812. The molecule has 1 atom stereocenters. The van der Waals surface area contributed by atoms with Crippen molar-refractivity contribution in [3.8, 4) is 0 Å². The second-order valence-corrected chi connectivity index (χ2v) is 6.66. The number of ether oxygens (including phenoxy) is 2. The van der Waals surface area contributed by atoms with Crippen LogP contribution in [0.5, 0.6) is 0 Å². The van der Waals surface area contributed by atoms with Gasteiger partial charge < -0.3 is 14.8 Å². The first-order chi connectivity index (χ1) is 9.51. The number of methoxy groups -OCH3 is 1. The van der Waals surface area contributed by atoms with E-state index in [0.29, 0.717) is 19.8 Å². The molecule has 1 heterocycles. The summed E-state index contributed by atoms with van der Waals surface area (Å²) in [5, 5.41) is 3.25. The van der Waals surface area contributed by atoms with Gasteiger partial charge in [0, 0.05) is 32.4 Å². The highest BCUT2D eigenvalue weighted by atomic mass is 32.2. The van der Waals surface area contributed by atoms with E-state index in [-0.39, 0.29) is 10.5 Å². The van der Waals surface area contributed by atoms with Crippen LogP contribution in [0.2, 0.25) is 0 Å². The SMILES string of the molecule is CNS(=O)(=O)c1ccc(NCC2(OC)CCOC2)cc1. The van der Waals surface area contributed by atoms with E-state index in [9.17, 15) is 8.42 Å². The topological polar surface area (TPSA) is 76.7 Å². The summed E-state index contributed by atoms with van der Waals surface area (Å²) in [6.07, 6.45) is 0.850. The number of rotatable bonds is 6. The molecule has 1 unspecified atom stereocenters. The summed E-state index contributed by atoms with van der Waals surface area (Å²) in [5.74, 6) is 0. The molecule has 112 valence electrons. The lowest BCUT2D eigenvalue weighted by molar-refractivity contribution is -0.00619. The molecule has 0 aliphatic carbocycles. The van der Waals surface area contributed by atoms with Gasteiger partial charge in [0.15, 0.2) is 0 Å². The molecule has 0 saturated carbocycles. The molecule has 2 N–H and O–H groups in total. The Labute approximate surface area is 119 Å². The van der Waals surface area contributed by atoms with Crippen molar-refractivity contribution in [2.24, 2.45) is 0 Å². The molecular formula is C13H20N2O4S. The molecule has 6 nitrogen and oxygen atoms in total. The highest BCUT2D eigenvalue weighted by Crippen LogP contribution is 2.23. The lowest BCUT2D eigenvalue weighted by Gasteiger charge is -2.26. The van der Waals surface area contributed by atoms with Crippen LogP contribution in [-0.4, -0.2) is 47.9 Å². The van der Waals surface area contributed by atoms with Crippen LogP contribution < -0.4 is 10.0 Å². The molecule has 1 fully saturated rings. The van der Waals surface area contributed by atoms with E-state index in [1.54, 1.807) is 31.4 Å². The first kappa shape index (κ1) is 15.2. The second-order valence-electron chi connectivity index (χ2n) is 4.78. The minimum Gasteiger partial charge on any atom is -0.382 e. The standard InChI is InChI=1S/C13H20N2O4S/c1-14-20(16,17)12-5-3-11(4-6-12)15-9-13(18-2)7-8-19-10-13/h3-6,14-15H,7-10H2,1-2H3. The van der Waals surface area contributed by atoms with Gasteiger partial charge in [0.2, 0.25) is 10.0 Å². The van der Waals surface area contributed by atoms with Crippen LogP contribution in [0.3, 0.4) is 0 Å². The van der Waals surface area contributed by atoms with E-state index in [2.05, 4.69) is 10.0 Å². The largest absolute Gasteiger partial charge is 0.382 e. The Balaban J connectivity index is 2.01. The average Bonchev–Trinajstić information content (AvgIpc) is 2.95. The lowest BCUT2D eigenvalue weighted by atomic mass is 10.0. The van der Waals surface area contributed by atoms with Crippen molar-refractivity contribution >= 4 is 15.7 Å². The van der Waals surface area contributed by atoms with Crippen LogP contribution in [0.25, 0.3) is 0 Å². The second kappa shape index (κ2) is 6.09. The number of anilines is 1. The predicted molar refractivity (Wildman–Crippen MR) is 76.4 cm³/mol. The zero-order valence-corrected chi connectivity index (χ0v) is 12.5. The van der Waals surface area contributed by atoms with E-state index in [1.165, 1.54) is 7.05 Å². The van der Waals surface area contributed by atoms with Gasteiger partial charge >= 0.3 is 0 Å². The van der Waals surface area contributed by atoms with Gasteiger partial charge in [-0.15, -0.1) is 0 Å². The average molecular weight is 300 g/mol. The maximum absolute atomic E-state index is 11.6. The van der Waals surface area contributed by atoms with Gasteiger partial charge in [-0.05, 0) is 31.3 Å². The molecule has 0 spiro atoms. The van der Waals surface area contributed by atoms with E-state index < -0.39 is 10.0 Å². The molecule has 20 heavy (non-hydrogen) atoms. The summed E-state index contributed by atoms with van der Waals surface area (Å²) in [6, 6.07) is 6.62. The van der Waals surface area contributed by atoms with Crippen LogP contribution in [0.4, 0.5) is 5.69 Å². The normalized spacial score (nSPS) is 22.9. The molecule has 1 aliphatic rings. The fourth-order valence-corrected chi connectivity index (χ4v) is 2.82. The Morgan fingerprint density at radius 1 is 1.35 bits per heavy atom. The first-order valence-electron chi connectivity index (χ1n) is 6.42. The highest BCUT2D eigenvalue weighted by Gasteiger charge is 2.34. The van der Waals surface area contributed by atoms with E-state index in [4.69, 9.17) is 9.47 Å². The molecule has 0 amide bonds. The Bertz CT molecular complexity index is 536. The Morgan fingerprint density at radius 2 is 2.05 bits per heavy atom. The van der Waals surface area contributed by atoms with Crippen LogP contribution in [0.15, 0.2) is 29.2 Å². The molecule has 0 radical (unpaired) electrons. The first-order valence-corrected chi connectivity index (χ1v) is 7.90. The summed E-state index contributed by atoms with van der Waals surface area (Å²) < 4.78 is 36.4. The van der Waals surface area contributed by atoms with Crippen molar-refractivity contribution in [3.63, 3.8) is 0 Å². The van der Waals surface area contributed by atoms with Crippen LogP contribution in [0, 0.1) is 0 Å². The van der Waals surface area contributed by atoms with E-state index in [1.807, 2.05) is 0 Å². The number of hydrogen-bond donors (Lipinski definition) is 2. The zero-order chi connectivity index (χ0) is 14.6. The van der Waals surface area contributed by atoms with Crippen molar-refractivity contribution < 1.29 is 17.9 Å². The third-order valence-electron chi connectivity index (χ3n) is 3.55. The molecule has 1 aliphatic heterocycles. The molecular weight excluding hydrogens is 280 g/mol. The number of benzene rings is 1. The van der Waals surface area contributed by atoms with E-state index >= 15 is 0 Å². The van der Waals surface area contributed by atoms with Crippen LogP contribution in [-0.2, 0) is 19.5 Å². The Kier molecular flexibility index (Phi) is 4.64. The van der Waals surface area contributed by atoms with Gasteiger partial charge in [-0.25, -0.2) is 13.1 Å². The van der Waals surface area contributed by atoms with Crippen molar-refractivity contribution in [2.75, 3.05) is 39.2 Å². The smallest absolute Gasteiger partial charge is 0.240 e.